The van der Waals surface area contributed by atoms with E-state index in [9.17, 15) is 48.9 Å². The van der Waals surface area contributed by atoms with Crippen LogP contribution in [-0.2, 0) is 52.8 Å². The maximum Gasteiger partial charge on any atom is 0.326 e. The number of likely N-dealkylation sites (tertiary alicyclic amines) is 2. The first-order valence-corrected chi connectivity index (χ1v) is 22.9. The highest BCUT2D eigenvalue weighted by molar-refractivity contribution is 5.97. The standard InChI is InChI=1S/C49H65N7O10/c1-5-30(4)42(48(64)56-24-10-14-41(56)46(62)53-39(49(65)66)25-29(2)3)54-44(60)38(27-31-11-7-6-8-12-31)51-43(59)37(28-33-17-21-35(58)22-18-33)52-45(61)40-13-9-23-55(40)47(63)36(50)26-32-15-19-34(57)20-16-32/h6-8,11-12,15-22,29-30,36-42,57-58H,5,9-10,13-14,23-28,50H2,1-4H3,(H,51,59)(H,52,61)(H,53,62)(H,54,60)(H,65,66)/t30-,36-,37-,38-,39-,40-,41-,42-/m0/s1. The van der Waals surface area contributed by atoms with Crippen molar-refractivity contribution in [2.24, 2.45) is 17.6 Å². The van der Waals surface area contributed by atoms with Gasteiger partial charge in [-0.1, -0.05) is 88.7 Å². The van der Waals surface area contributed by atoms with Crippen LogP contribution in [0.3, 0.4) is 0 Å². The molecule has 2 aliphatic rings. The molecule has 0 saturated carbocycles. The summed E-state index contributed by atoms with van der Waals surface area (Å²) >= 11 is 0. The molecule has 0 bridgehead atoms. The maximum absolute atomic E-state index is 14.5. The second-order valence-corrected chi connectivity index (χ2v) is 17.9. The number of carboxylic acids is 1. The van der Waals surface area contributed by atoms with Crippen LogP contribution in [0.5, 0.6) is 11.5 Å². The third-order valence-electron chi connectivity index (χ3n) is 12.4. The van der Waals surface area contributed by atoms with Gasteiger partial charge in [-0.15, -0.1) is 0 Å². The van der Waals surface area contributed by atoms with Crippen LogP contribution < -0.4 is 27.0 Å². The quantitative estimate of drug-likeness (QED) is 0.0771. The summed E-state index contributed by atoms with van der Waals surface area (Å²) < 4.78 is 0. The van der Waals surface area contributed by atoms with E-state index in [-0.39, 0.29) is 56.2 Å². The summed E-state index contributed by atoms with van der Waals surface area (Å²) in [4.78, 5) is 99.6. The summed E-state index contributed by atoms with van der Waals surface area (Å²) in [5.41, 5.74) is 8.35. The highest BCUT2D eigenvalue weighted by atomic mass is 16.4. The number of benzene rings is 3. The summed E-state index contributed by atoms with van der Waals surface area (Å²) in [5, 5.41) is 40.6. The molecule has 66 heavy (non-hydrogen) atoms. The number of phenols is 2. The van der Waals surface area contributed by atoms with Crippen LogP contribution in [0.25, 0.3) is 0 Å². The Morgan fingerprint density at radius 2 is 1.08 bits per heavy atom. The summed E-state index contributed by atoms with van der Waals surface area (Å²) in [6.45, 7) is 7.84. The largest absolute Gasteiger partial charge is 0.508 e. The molecule has 0 radical (unpaired) electrons. The van der Waals surface area contributed by atoms with E-state index in [2.05, 4.69) is 21.3 Å². The number of carboxylic acid groups (broad SMARTS) is 1. The minimum absolute atomic E-state index is 0.00467. The number of amides is 6. The van der Waals surface area contributed by atoms with Crippen molar-refractivity contribution in [2.45, 2.75) is 128 Å². The molecular weight excluding hydrogens is 847 g/mol. The van der Waals surface area contributed by atoms with Gasteiger partial charge in [-0.05, 0) is 91.3 Å². The number of nitrogens with zero attached hydrogens (tertiary/aromatic N) is 2. The van der Waals surface area contributed by atoms with Crippen molar-refractivity contribution in [3.8, 4) is 11.5 Å². The second kappa shape index (κ2) is 23.6. The molecule has 0 aromatic heterocycles. The van der Waals surface area contributed by atoms with Gasteiger partial charge < -0.3 is 52.1 Å². The third-order valence-corrected chi connectivity index (χ3v) is 12.4. The Hall–Kier alpha value is -6.49. The van der Waals surface area contributed by atoms with E-state index in [1.807, 2.05) is 20.8 Å². The highest BCUT2D eigenvalue weighted by Crippen LogP contribution is 2.24. The third kappa shape index (κ3) is 13.8. The van der Waals surface area contributed by atoms with Crippen LogP contribution in [0, 0.1) is 11.8 Å². The van der Waals surface area contributed by atoms with Crippen LogP contribution >= 0.6 is 0 Å². The van der Waals surface area contributed by atoms with Crippen molar-refractivity contribution < 1.29 is 48.9 Å². The van der Waals surface area contributed by atoms with Gasteiger partial charge in [0.15, 0.2) is 0 Å². The van der Waals surface area contributed by atoms with Crippen molar-refractivity contribution in [2.75, 3.05) is 13.1 Å². The number of aliphatic carboxylic acids is 1. The number of hydrogen-bond acceptors (Lipinski definition) is 10. The smallest absolute Gasteiger partial charge is 0.326 e. The predicted molar refractivity (Wildman–Crippen MR) is 245 cm³/mol. The second-order valence-electron chi connectivity index (χ2n) is 17.9. The van der Waals surface area contributed by atoms with E-state index >= 15 is 0 Å². The van der Waals surface area contributed by atoms with Gasteiger partial charge in [-0.3, -0.25) is 28.8 Å². The van der Waals surface area contributed by atoms with Gasteiger partial charge in [0.05, 0.1) is 6.04 Å². The van der Waals surface area contributed by atoms with Gasteiger partial charge in [0.25, 0.3) is 0 Å². The topological polar surface area (TPSA) is 261 Å². The molecule has 3 aromatic carbocycles. The lowest BCUT2D eigenvalue weighted by atomic mass is 9.96. The molecule has 6 amide bonds. The molecule has 17 heteroatoms. The lowest BCUT2D eigenvalue weighted by molar-refractivity contribution is -0.145. The first-order chi connectivity index (χ1) is 31.4. The number of nitrogens with two attached hydrogens (primary N) is 1. The molecule has 0 spiro atoms. The molecule has 9 N–H and O–H groups in total. The molecule has 2 aliphatic heterocycles. The first kappa shape index (κ1) is 50.5. The fraction of sp³-hybridized carbons (Fsp3) is 0.490. The fourth-order valence-electron chi connectivity index (χ4n) is 8.55. The van der Waals surface area contributed by atoms with E-state index in [4.69, 9.17) is 5.73 Å². The Labute approximate surface area is 385 Å². The van der Waals surface area contributed by atoms with Crippen molar-refractivity contribution in [1.82, 2.24) is 31.1 Å². The summed E-state index contributed by atoms with van der Waals surface area (Å²) in [5.74, 6) is -5.06. The molecule has 5 rings (SSSR count). The van der Waals surface area contributed by atoms with Crippen LogP contribution in [0.15, 0.2) is 78.9 Å². The first-order valence-electron chi connectivity index (χ1n) is 22.9. The van der Waals surface area contributed by atoms with E-state index < -0.39 is 89.6 Å². The zero-order valence-electron chi connectivity index (χ0n) is 38.2. The molecule has 3 aromatic rings. The fourth-order valence-corrected chi connectivity index (χ4v) is 8.55. The Morgan fingerprint density at radius 1 is 0.621 bits per heavy atom. The minimum Gasteiger partial charge on any atom is -0.508 e. The Bertz CT molecular complexity index is 2150. The molecular formula is C49H65N7O10. The van der Waals surface area contributed by atoms with E-state index in [1.165, 1.54) is 34.1 Å². The normalized spacial score (nSPS) is 18.6. The Morgan fingerprint density at radius 3 is 1.58 bits per heavy atom. The molecule has 17 nitrogen and oxygen atoms in total. The number of phenolic OH excluding ortho intramolecular Hbond substituents is 2. The molecule has 8 atom stereocenters. The zero-order valence-corrected chi connectivity index (χ0v) is 38.2. The van der Waals surface area contributed by atoms with Crippen LogP contribution in [0.4, 0.5) is 0 Å². The SMILES string of the molecule is CC[C@H](C)[C@H](NC(=O)[C@H](Cc1ccccc1)NC(=O)[C@H](Cc1ccc(O)cc1)NC(=O)[C@@H]1CCCN1C(=O)[C@@H](N)Cc1ccc(O)cc1)C(=O)N1CCC[C@H]1C(=O)N[C@@H](CC(C)C)C(=O)O. The van der Waals surface area contributed by atoms with Crippen LogP contribution in [0.2, 0.25) is 0 Å². The van der Waals surface area contributed by atoms with Crippen molar-refractivity contribution >= 4 is 41.4 Å². The van der Waals surface area contributed by atoms with E-state index in [1.54, 1.807) is 61.5 Å². The van der Waals surface area contributed by atoms with Crippen LogP contribution in [-0.4, -0.2) is 122 Å². The minimum atomic E-state index is -1.27. The average molecular weight is 912 g/mol. The van der Waals surface area contributed by atoms with Gasteiger partial charge in [0.2, 0.25) is 35.4 Å². The summed E-state index contributed by atoms with van der Waals surface area (Å²) in [6, 6.07) is 13.7. The molecule has 356 valence electrons. The summed E-state index contributed by atoms with van der Waals surface area (Å²) in [7, 11) is 0. The lowest BCUT2D eigenvalue weighted by Crippen LogP contribution is -2.61. The Kier molecular flexibility index (Phi) is 18.1. The van der Waals surface area contributed by atoms with E-state index in [0.29, 0.717) is 43.2 Å². The van der Waals surface area contributed by atoms with Crippen molar-refractivity contribution in [1.29, 1.82) is 0 Å². The number of carbonyl (C=O) groups excluding carboxylic acids is 6. The van der Waals surface area contributed by atoms with Gasteiger partial charge in [-0.25, -0.2) is 4.79 Å². The van der Waals surface area contributed by atoms with Crippen molar-refractivity contribution in [3.63, 3.8) is 0 Å². The summed E-state index contributed by atoms with van der Waals surface area (Å²) in [6.07, 6.45) is 2.44. The predicted octanol–water partition coefficient (Wildman–Crippen LogP) is 2.55. The Balaban J connectivity index is 1.37. The molecule has 0 unspecified atom stereocenters. The van der Waals surface area contributed by atoms with Crippen molar-refractivity contribution in [3.05, 3.63) is 95.6 Å². The maximum atomic E-state index is 14.5. The molecule has 2 heterocycles. The van der Waals surface area contributed by atoms with Gasteiger partial charge >= 0.3 is 5.97 Å². The van der Waals surface area contributed by atoms with Gasteiger partial charge in [-0.2, -0.15) is 0 Å². The average Bonchev–Trinajstić information content (AvgIpc) is 4.00. The highest BCUT2D eigenvalue weighted by Gasteiger charge is 2.42. The zero-order chi connectivity index (χ0) is 48.1. The lowest BCUT2D eigenvalue weighted by Gasteiger charge is -2.33. The number of aromatic hydroxyl groups is 2. The molecule has 2 fully saturated rings. The van der Waals surface area contributed by atoms with Crippen LogP contribution in [0.1, 0.15) is 82.9 Å². The number of nitrogens with one attached hydrogen (secondary N) is 4. The number of hydrogen-bond donors (Lipinski definition) is 8. The van der Waals surface area contributed by atoms with E-state index in [0.717, 1.165) is 5.56 Å². The van der Waals surface area contributed by atoms with Gasteiger partial charge in [0, 0.05) is 25.9 Å². The molecule has 2 saturated heterocycles. The van der Waals surface area contributed by atoms with Gasteiger partial charge in [0.1, 0.15) is 47.8 Å². The number of carbonyl (C=O) groups is 7. The molecule has 0 aliphatic carbocycles. The monoisotopic (exact) mass is 911 g/mol. The number of rotatable bonds is 21.